The highest BCUT2D eigenvalue weighted by atomic mass is 79.9. The minimum atomic E-state index is 0.310. The molecule has 0 saturated heterocycles. The molecular weight excluding hydrogens is 286 g/mol. The van der Waals surface area contributed by atoms with Crippen LogP contribution in [-0.2, 0) is 13.1 Å². The third-order valence-corrected chi connectivity index (χ3v) is 4.17. The predicted molar refractivity (Wildman–Crippen MR) is 70.7 cm³/mol. The molecule has 0 aliphatic rings. The average molecular weight is 298 g/mol. The van der Waals surface area contributed by atoms with Crippen LogP contribution in [0.5, 0.6) is 5.75 Å². The predicted octanol–water partition coefficient (Wildman–Crippen LogP) is 3.51. The normalized spacial score (nSPS) is 10.6. The van der Waals surface area contributed by atoms with E-state index < -0.39 is 0 Å². The summed E-state index contributed by atoms with van der Waals surface area (Å²) < 4.78 is 1.16. The summed E-state index contributed by atoms with van der Waals surface area (Å²) in [6.07, 6.45) is 0. The number of nitrogens with one attached hydrogen (secondary N) is 1. The summed E-state index contributed by atoms with van der Waals surface area (Å²) in [4.78, 5) is 1.30. The van der Waals surface area contributed by atoms with Gasteiger partial charge in [0.05, 0.1) is 0 Å². The maximum Gasteiger partial charge on any atom is 0.115 e. The van der Waals surface area contributed by atoms with Gasteiger partial charge in [-0.1, -0.05) is 12.1 Å². The van der Waals surface area contributed by atoms with E-state index in [4.69, 9.17) is 5.11 Å². The van der Waals surface area contributed by atoms with Crippen molar-refractivity contribution in [3.63, 3.8) is 0 Å². The molecule has 1 heterocycles. The number of phenols is 1. The van der Waals surface area contributed by atoms with Crippen LogP contribution < -0.4 is 5.32 Å². The first-order valence-electron chi connectivity index (χ1n) is 4.96. The Labute approximate surface area is 107 Å². The van der Waals surface area contributed by atoms with Crippen molar-refractivity contribution in [1.82, 2.24) is 5.32 Å². The first-order chi connectivity index (χ1) is 7.75. The van der Waals surface area contributed by atoms with E-state index >= 15 is 0 Å². The third kappa shape index (κ3) is 3.07. The maximum absolute atomic E-state index is 9.14. The largest absolute Gasteiger partial charge is 0.508 e. The van der Waals surface area contributed by atoms with Gasteiger partial charge in [0.2, 0.25) is 0 Å². The summed E-state index contributed by atoms with van der Waals surface area (Å²) >= 11 is 5.24. The number of hydrogen-bond donors (Lipinski definition) is 2. The molecule has 0 saturated carbocycles. The third-order valence-electron chi connectivity index (χ3n) is 2.24. The zero-order valence-corrected chi connectivity index (χ0v) is 11.0. The van der Waals surface area contributed by atoms with Gasteiger partial charge in [-0.2, -0.15) is 0 Å². The monoisotopic (exact) mass is 297 g/mol. The fourth-order valence-electron chi connectivity index (χ4n) is 1.39. The molecule has 0 unspecified atom stereocenters. The van der Waals surface area contributed by atoms with Gasteiger partial charge in [-0.05, 0) is 45.1 Å². The Morgan fingerprint density at radius 1 is 1.12 bits per heavy atom. The molecule has 4 heteroatoms. The molecular formula is C12H12BrNOS. The van der Waals surface area contributed by atoms with Crippen molar-refractivity contribution in [2.45, 2.75) is 13.1 Å². The lowest BCUT2D eigenvalue weighted by molar-refractivity contribution is 0.475. The van der Waals surface area contributed by atoms with E-state index in [9.17, 15) is 0 Å². The number of rotatable bonds is 4. The van der Waals surface area contributed by atoms with E-state index in [-0.39, 0.29) is 0 Å². The van der Waals surface area contributed by atoms with Crippen LogP contribution in [0.1, 0.15) is 10.4 Å². The quantitative estimate of drug-likeness (QED) is 0.905. The van der Waals surface area contributed by atoms with E-state index in [1.165, 1.54) is 10.4 Å². The van der Waals surface area contributed by atoms with Gasteiger partial charge < -0.3 is 10.4 Å². The summed E-state index contributed by atoms with van der Waals surface area (Å²) in [5.41, 5.74) is 1.17. The summed E-state index contributed by atoms with van der Waals surface area (Å²) in [7, 11) is 0. The van der Waals surface area contributed by atoms with Gasteiger partial charge in [-0.3, -0.25) is 0 Å². The number of halogens is 1. The molecule has 1 aromatic heterocycles. The molecule has 2 aromatic rings. The number of benzene rings is 1. The Hall–Kier alpha value is -0.840. The van der Waals surface area contributed by atoms with Crippen molar-refractivity contribution < 1.29 is 5.11 Å². The second-order valence-corrected chi connectivity index (χ2v) is 5.32. The van der Waals surface area contributed by atoms with E-state index in [2.05, 4.69) is 32.7 Å². The summed E-state index contributed by atoms with van der Waals surface area (Å²) in [6.45, 7) is 1.67. The SMILES string of the molecule is Oc1ccc(CNCc2sccc2Br)cc1. The lowest BCUT2D eigenvalue weighted by Gasteiger charge is -2.04. The maximum atomic E-state index is 9.14. The molecule has 0 amide bonds. The van der Waals surface area contributed by atoms with Gasteiger partial charge in [0.25, 0.3) is 0 Å². The van der Waals surface area contributed by atoms with Gasteiger partial charge in [0.15, 0.2) is 0 Å². The van der Waals surface area contributed by atoms with Crippen molar-refractivity contribution in [1.29, 1.82) is 0 Å². The molecule has 0 aliphatic heterocycles. The minimum Gasteiger partial charge on any atom is -0.508 e. The lowest BCUT2D eigenvalue weighted by Crippen LogP contribution is -2.11. The average Bonchev–Trinajstić information content (AvgIpc) is 2.68. The molecule has 0 bridgehead atoms. The summed E-state index contributed by atoms with van der Waals surface area (Å²) in [6, 6.07) is 9.32. The van der Waals surface area contributed by atoms with Gasteiger partial charge in [0, 0.05) is 22.4 Å². The van der Waals surface area contributed by atoms with Crippen molar-refractivity contribution in [2.75, 3.05) is 0 Å². The Kier molecular flexibility index (Phi) is 3.98. The zero-order chi connectivity index (χ0) is 11.4. The fraction of sp³-hybridized carbons (Fsp3) is 0.167. The standard InChI is InChI=1S/C12H12BrNOS/c13-11-5-6-16-12(11)8-14-7-9-1-3-10(15)4-2-9/h1-6,14-15H,7-8H2. The summed E-state index contributed by atoms with van der Waals surface area (Å²) in [5.74, 6) is 0.310. The minimum absolute atomic E-state index is 0.310. The van der Waals surface area contributed by atoms with E-state index in [1.54, 1.807) is 23.5 Å². The second kappa shape index (κ2) is 5.48. The van der Waals surface area contributed by atoms with Crippen LogP contribution in [0.4, 0.5) is 0 Å². The van der Waals surface area contributed by atoms with E-state index in [0.717, 1.165) is 17.6 Å². The molecule has 16 heavy (non-hydrogen) atoms. The molecule has 0 aliphatic carbocycles. The van der Waals surface area contributed by atoms with Crippen LogP contribution in [-0.4, -0.2) is 5.11 Å². The van der Waals surface area contributed by atoms with Crippen LogP contribution >= 0.6 is 27.3 Å². The molecule has 2 rings (SSSR count). The first kappa shape index (κ1) is 11.6. The molecule has 0 fully saturated rings. The fourth-order valence-corrected chi connectivity index (χ4v) is 2.85. The molecule has 2 nitrogen and oxygen atoms in total. The van der Waals surface area contributed by atoms with Gasteiger partial charge in [-0.25, -0.2) is 0 Å². The number of hydrogen-bond acceptors (Lipinski definition) is 3. The Morgan fingerprint density at radius 2 is 1.88 bits per heavy atom. The van der Waals surface area contributed by atoms with Gasteiger partial charge in [0.1, 0.15) is 5.75 Å². The van der Waals surface area contributed by atoms with Crippen molar-refractivity contribution in [3.05, 3.63) is 50.6 Å². The van der Waals surface area contributed by atoms with Crippen LogP contribution in [0.2, 0.25) is 0 Å². The highest BCUT2D eigenvalue weighted by Gasteiger charge is 2.00. The number of thiophene rings is 1. The Balaban J connectivity index is 1.84. The van der Waals surface area contributed by atoms with Crippen LogP contribution in [0, 0.1) is 0 Å². The van der Waals surface area contributed by atoms with Crippen LogP contribution in [0.25, 0.3) is 0 Å². The molecule has 1 aromatic carbocycles. The second-order valence-electron chi connectivity index (χ2n) is 3.46. The highest BCUT2D eigenvalue weighted by molar-refractivity contribution is 9.10. The van der Waals surface area contributed by atoms with Gasteiger partial charge in [-0.15, -0.1) is 11.3 Å². The van der Waals surface area contributed by atoms with E-state index in [1.807, 2.05) is 12.1 Å². The molecule has 0 spiro atoms. The first-order valence-corrected chi connectivity index (χ1v) is 6.63. The molecule has 0 atom stereocenters. The van der Waals surface area contributed by atoms with Gasteiger partial charge >= 0.3 is 0 Å². The van der Waals surface area contributed by atoms with E-state index in [0.29, 0.717) is 5.75 Å². The number of aromatic hydroxyl groups is 1. The Bertz CT molecular complexity index is 452. The summed E-state index contributed by atoms with van der Waals surface area (Å²) in [5, 5.41) is 14.6. The van der Waals surface area contributed by atoms with Crippen LogP contribution in [0.15, 0.2) is 40.2 Å². The van der Waals surface area contributed by atoms with Crippen molar-refractivity contribution in [2.24, 2.45) is 0 Å². The molecule has 2 N–H and O–H groups in total. The Morgan fingerprint density at radius 3 is 2.50 bits per heavy atom. The lowest BCUT2D eigenvalue weighted by atomic mass is 10.2. The number of phenolic OH excluding ortho intramolecular Hbond substituents is 1. The topological polar surface area (TPSA) is 32.3 Å². The van der Waals surface area contributed by atoms with Crippen LogP contribution in [0.3, 0.4) is 0 Å². The van der Waals surface area contributed by atoms with Crippen molar-refractivity contribution >= 4 is 27.3 Å². The zero-order valence-electron chi connectivity index (χ0n) is 8.61. The van der Waals surface area contributed by atoms with Crippen molar-refractivity contribution in [3.8, 4) is 5.75 Å². The molecule has 84 valence electrons. The molecule has 0 radical (unpaired) electrons. The highest BCUT2D eigenvalue weighted by Crippen LogP contribution is 2.22. The smallest absolute Gasteiger partial charge is 0.115 e.